The lowest BCUT2D eigenvalue weighted by Crippen LogP contribution is -2.52. The molecule has 1 aliphatic heterocycles. The number of methoxy groups -OCH3 is 3. The Labute approximate surface area is 371 Å². The zero-order chi connectivity index (χ0) is 44.7. The standard InChI is InChI=1S/C50H64O9Si3/c1-49(2)43-30-34(33-51)14-23-39(43)46-41-31-44(53-4)45(54-5)32-42(41)48-40(47(46)49)24-25-50(57-48,35-15-19-37(52-3)20-16-35)36-17-21-38(22-18-36)56-28-27-55-26-13-29-62(12,58-60(6,7)8)59-61(9,10)11/h14-25,30-32,51H,13,26-29,33H2,1-12H3. The maximum Gasteiger partial charge on any atom is 0.314 e. The van der Waals surface area contributed by atoms with Crippen LogP contribution in [0, 0.1) is 0 Å². The Bertz CT molecular complexity index is 2420. The van der Waals surface area contributed by atoms with Crippen molar-refractivity contribution in [2.45, 2.75) is 89.8 Å². The second-order valence-corrected chi connectivity index (χ2v) is 31.8. The molecule has 0 radical (unpaired) electrons. The highest BCUT2D eigenvalue weighted by atomic mass is 28.5. The number of aliphatic hydroxyl groups is 1. The molecule has 7 rings (SSSR count). The molecule has 9 nitrogen and oxygen atoms in total. The molecule has 330 valence electrons. The average Bonchev–Trinajstić information content (AvgIpc) is 3.47. The van der Waals surface area contributed by atoms with Crippen molar-refractivity contribution in [2.24, 2.45) is 0 Å². The Balaban J connectivity index is 1.18. The minimum Gasteiger partial charge on any atom is -0.497 e. The summed E-state index contributed by atoms with van der Waals surface area (Å²) < 4.78 is 50.4. The van der Waals surface area contributed by atoms with Gasteiger partial charge in [0.1, 0.15) is 23.9 Å². The fourth-order valence-electron chi connectivity index (χ4n) is 9.30. The summed E-state index contributed by atoms with van der Waals surface area (Å²) in [5, 5.41) is 12.1. The van der Waals surface area contributed by atoms with Gasteiger partial charge < -0.3 is 41.8 Å². The first-order chi connectivity index (χ1) is 29.3. The molecule has 0 saturated heterocycles. The molecule has 5 aromatic rings. The normalized spacial score (nSPS) is 16.7. The number of hydrogen-bond acceptors (Lipinski definition) is 9. The Morgan fingerprint density at radius 2 is 1.26 bits per heavy atom. The van der Waals surface area contributed by atoms with Crippen molar-refractivity contribution in [2.75, 3.05) is 41.2 Å². The Morgan fingerprint density at radius 1 is 0.661 bits per heavy atom. The molecule has 0 amide bonds. The van der Waals surface area contributed by atoms with Crippen LogP contribution in [-0.4, -0.2) is 71.5 Å². The molecular weight excluding hydrogens is 829 g/mol. The maximum absolute atomic E-state index is 10.1. The fourth-order valence-corrected chi connectivity index (χ4v) is 21.8. The van der Waals surface area contributed by atoms with Crippen LogP contribution in [0.2, 0.25) is 51.9 Å². The summed E-state index contributed by atoms with van der Waals surface area (Å²) in [5.74, 6) is 3.50. The predicted molar refractivity (Wildman–Crippen MR) is 257 cm³/mol. The number of fused-ring (bicyclic) bond motifs is 8. The minimum absolute atomic E-state index is 0.0281. The van der Waals surface area contributed by atoms with Gasteiger partial charge >= 0.3 is 8.56 Å². The first-order valence-electron chi connectivity index (χ1n) is 21.6. The van der Waals surface area contributed by atoms with E-state index < -0.39 is 36.2 Å². The lowest BCUT2D eigenvalue weighted by molar-refractivity contribution is 0.0995. The van der Waals surface area contributed by atoms with Gasteiger partial charge in [-0.1, -0.05) is 62.4 Å². The van der Waals surface area contributed by atoms with Gasteiger partial charge in [-0.25, -0.2) is 0 Å². The number of hydrogen-bond donors (Lipinski definition) is 1. The van der Waals surface area contributed by atoms with Gasteiger partial charge in [0.15, 0.2) is 33.7 Å². The molecular formula is C50H64O9Si3. The molecule has 5 aromatic carbocycles. The van der Waals surface area contributed by atoms with Gasteiger partial charge in [0, 0.05) is 34.1 Å². The zero-order valence-electron chi connectivity index (χ0n) is 38.6. The molecule has 0 spiro atoms. The highest BCUT2D eigenvalue weighted by Gasteiger charge is 2.45. The third-order valence-corrected chi connectivity index (χ3v) is 21.3. The summed E-state index contributed by atoms with van der Waals surface area (Å²) in [4.78, 5) is 0. The van der Waals surface area contributed by atoms with E-state index in [0.717, 1.165) is 79.4 Å². The zero-order valence-corrected chi connectivity index (χ0v) is 41.6. The minimum atomic E-state index is -2.29. The summed E-state index contributed by atoms with van der Waals surface area (Å²) in [5.41, 5.74) is 6.95. The topological polar surface area (TPSA) is 94.1 Å². The van der Waals surface area contributed by atoms with Crippen molar-refractivity contribution in [3.8, 4) is 39.9 Å². The van der Waals surface area contributed by atoms with E-state index in [2.05, 4.69) is 114 Å². The molecule has 0 fully saturated rings. The molecule has 62 heavy (non-hydrogen) atoms. The van der Waals surface area contributed by atoms with Crippen molar-refractivity contribution >= 4 is 42.0 Å². The van der Waals surface area contributed by atoms with E-state index in [9.17, 15) is 5.11 Å². The number of aliphatic hydroxyl groups excluding tert-OH is 1. The second kappa shape index (κ2) is 17.6. The van der Waals surface area contributed by atoms with Gasteiger partial charge in [-0.2, -0.15) is 0 Å². The lowest BCUT2D eigenvalue weighted by Gasteiger charge is -2.38. The van der Waals surface area contributed by atoms with Crippen LogP contribution in [0.25, 0.3) is 28.0 Å². The summed E-state index contributed by atoms with van der Waals surface area (Å²) >= 11 is 0. The maximum atomic E-state index is 10.1. The predicted octanol–water partition coefficient (Wildman–Crippen LogP) is 11.6. The van der Waals surface area contributed by atoms with Crippen LogP contribution < -0.4 is 23.7 Å². The van der Waals surface area contributed by atoms with Crippen molar-refractivity contribution in [3.05, 3.63) is 118 Å². The molecule has 0 aromatic heterocycles. The Morgan fingerprint density at radius 3 is 1.82 bits per heavy atom. The third-order valence-electron chi connectivity index (χ3n) is 11.6. The molecule has 2 aliphatic rings. The quantitative estimate of drug-likeness (QED) is 0.0682. The summed E-state index contributed by atoms with van der Waals surface area (Å²) in [6.07, 6.45) is 5.28. The van der Waals surface area contributed by atoms with E-state index in [1.54, 1.807) is 21.3 Å². The molecule has 0 bridgehead atoms. The molecule has 12 heteroatoms. The van der Waals surface area contributed by atoms with Crippen LogP contribution in [-0.2, 0) is 30.6 Å². The summed E-state index contributed by atoms with van der Waals surface area (Å²) in [6, 6.07) is 27.5. The van der Waals surface area contributed by atoms with Crippen LogP contribution in [0.5, 0.6) is 28.7 Å². The van der Waals surface area contributed by atoms with Crippen molar-refractivity contribution in [1.82, 2.24) is 0 Å². The van der Waals surface area contributed by atoms with Gasteiger partial charge in [-0.3, -0.25) is 0 Å². The molecule has 1 N–H and O–H groups in total. The smallest absolute Gasteiger partial charge is 0.314 e. The van der Waals surface area contributed by atoms with Crippen molar-refractivity contribution < 1.29 is 41.8 Å². The largest absolute Gasteiger partial charge is 0.497 e. The van der Waals surface area contributed by atoms with Crippen LogP contribution in [0.15, 0.2) is 84.9 Å². The Kier molecular flexibility index (Phi) is 13.0. The Hall–Kier alpha value is -4.41. The van der Waals surface area contributed by atoms with Crippen molar-refractivity contribution in [1.29, 1.82) is 0 Å². The second-order valence-electron chi connectivity index (χ2n) is 19.0. The van der Waals surface area contributed by atoms with E-state index in [0.29, 0.717) is 31.3 Å². The van der Waals surface area contributed by atoms with Crippen molar-refractivity contribution in [3.63, 3.8) is 0 Å². The summed E-state index contributed by atoms with van der Waals surface area (Å²) in [7, 11) is -0.793. The third kappa shape index (κ3) is 9.15. The first-order valence-corrected chi connectivity index (χ1v) is 30.9. The molecule has 1 aliphatic carbocycles. The number of benzene rings is 5. The first kappa shape index (κ1) is 45.6. The van der Waals surface area contributed by atoms with E-state index in [4.69, 9.17) is 36.7 Å². The highest BCUT2D eigenvalue weighted by Crippen LogP contribution is 2.59. The van der Waals surface area contributed by atoms with Gasteiger partial charge in [0.25, 0.3) is 0 Å². The van der Waals surface area contributed by atoms with Crippen LogP contribution in [0.1, 0.15) is 53.6 Å². The lowest BCUT2D eigenvalue weighted by atomic mass is 9.76. The van der Waals surface area contributed by atoms with E-state index >= 15 is 0 Å². The number of ether oxygens (including phenoxy) is 6. The molecule has 1 atom stereocenters. The SMILES string of the molecule is COc1ccc(C2(c3ccc(OCCOCCC[Si](C)(O[Si](C)(C)C)O[Si](C)(C)C)cc3)C=Cc3c4c(c5cc(OC)c(OC)cc5c3O2)-c2ccc(CO)cc2C4(C)C)cc1. The van der Waals surface area contributed by atoms with Gasteiger partial charge in [0.2, 0.25) is 0 Å². The van der Waals surface area contributed by atoms with E-state index in [-0.39, 0.29) is 6.61 Å². The molecule has 0 saturated carbocycles. The number of rotatable bonds is 18. The average molecular weight is 893 g/mol. The van der Waals surface area contributed by atoms with Crippen LogP contribution >= 0.6 is 0 Å². The van der Waals surface area contributed by atoms with Gasteiger partial charge in [-0.15, -0.1) is 0 Å². The fraction of sp³-hybridized carbons (Fsp3) is 0.400. The monoisotopic (exact) mass is 892 g/mol. The summed E-state index contributed by atoms with van der Waals surface area (Å²) in [6.45, 7) is 21.7. The van der Waals surface area contributed by atoms with Gasteiger partial charge in [-0.05, 0) is 134 Å². The van der Waals surface area contributed by atoms with E-state index in [1.165, 1.54) is 5.56 Å². The van der Waals surface area contributed by atoms with E-state index in [1.807, 2.05) is 36.4 Å². The van der Waals surface area contributed by atoms with Crippen LogP contribution in [0.4, 0.5) is 0 Å². The molecule has 1 heterocycles. The van der Waals surface area contributed by atoms with Crippen LogP contribution in [0.3, 0.4) is 0 Å². The van der Waals surface area contributed by atoms with Gasteiger partial charge in [0.05, 0.1) is 34.5 Å². The highest BCUT2D eigenvalue weighted by molar-refractivity contribution is 6.87. The molecule has 1 unspecified atom stereocenters.